The maximum absolute atomic E-state index is 12.1. The number of allylic oxidation sites excluding steroid dienone is 2. The van der Waals surface area contributed by atoms with Gasteiger partial charge in [-0.1, -0.05) is 335 Å². The van der Waals surface area contributed by atoms with Crippen LogP contribution in [0.1, 0.15) is 367 Å². The third-order valence-electron chi connectivity index (χ3n) is 14.7. The van der Waals surface area contributed by atoms with Crippen molar-refractivity contribution in [1.82, 2.24) is 0 Å². The Balaban J connectivity index is 3.15. The molecule has 0 aromatic carbocycles. The zero-order valence-electron chi connectivity index (χ0n) is 44.9. The molecule has 0 spiro atoms. The molecule has 0 aliphatic heterocycles. The van der Waals surface area contributed by atoms with Crippen molar-refractivity contribution in [3.63, 3.8) is 0 Å². The highest BCUT2D eigenvalue weighted by atomic mass is 16.5. The Morgan fingerprint density at radius 1 is 0.328 bits per heavy atom. The summed E-state index contributed by atoms with van der Waals surface area (Å²) in [5.41, 5.74) is 0. The summed E-state index contributed by atoms with van der Waals surface area (Å²) in [7, 11) is 0. The second-order valence-corrected chi connectivity index (χ2v) is 21.3. The summed E-state index contributed by atoms with van der Waals surface area (Å²) in [6, 6.07) is 0. The van der Waals surface area contributed by atoms with Gasteiger partial charge in [-0.05, 0) is 44.4 Å². The summed E-state index contributed by atoms with van der Waals surface area (Å²) >= 11 is 0. The van der Waals surface area contributed by atoms with Gasteiger partial charge in [-0.2, -0.15) is 0 Å². The summed E-state index contributed by atoms with van der Waals surface area (Å²) in [5.74, 6) is 0.971. The molecular formula is C62H122O2. The Morgan fingerprint density at radius 2 is 0.578 bits per heavy atom. The van der Waals surface area contributed by atoms with Gasteiger partial charge in [0.15, 0.2) is 0 Å². The fourth-order valence-corrected chi connectivity index (χ4v) is 9.76. The molecule has 0 heterocycles. The van der Waals surface area contributed by atoms with Crippen LogP contribution in [-0.4, -0.2) is 12.6 Å². The average Bonchev–Trinajstić information content (AvgIpc) is 3.30. The SMILES string of the molecule is CCCCCCCCC=CCCCCCCCCCCCC(=O)OCCCCCCCCCCCCCCCCCCCCCCCCCCCCCCCCCCCCC(C)CC. The second kappa shape index (κ2) is 58.3. The van der Waals surface area contributed by atoms with E-state index in [1.807, 2.05) is 0 Å². The topological polar surface area (TPSA) is 26.3 Å². The lowest BCUT2D eigenvalue weighted by Gasteiger charge is -2.07. The van der Waals surface area contributed by atoms with E-state index in [2.05, 4.69) is 32.9 Å². The molecule has 0 bridgehead atoms. The van der Waals surface area contributed by atoms with Crippen LogP contribution in [0.4, 0.5) is 0 Å². The van der Waals surface area contributed by atoms with E-state index in [-0.39, 0.29) is 5.97 Å². The summed E-state index contributed by atoms with van der Waals surface area (Å²) < 4.78 is 5.51. The Hall–Kier alpha value is -0.790. The lowest BCUT2D eigenvalue weighted by molar-refractivity contribution is -0.143. The molecule has 0 aliphatic carbocycles. The van der Waals surface area contributed by atoms with Crippen LogP contribution in [0.3, 0.4) is 0 Å². The van der Waals surface area contributed by atoms with Crippen LogP contribution >= 0.6 is 0 Å². The van der Waals surface area contributed by atoms with Crippen molar-refractivity contribution in [2.45, 2.75) is 367 Å². The molecule has 0 aliphatic rings. The second-order valence-electron chi connectivity index (χ2n) is 21.3. The first kappa shape index (κ1) is 63.2. The fourth-order valence-electron chi connectivity index (χ4n) is 9.76. The number of hydrogen-bond donors (Lipinski definition) is 0. The molecule has 0 saturated carbocycles. The minimum atomic E-state index is 0.0300. The number of rotatable bonds is 57. The van der Waals surface area contributed by atoms with Gasteiger partial charge in [-0.25, -0.2) is 0 Å². The Kier molecular flexibility index (Phi) is 57.6. The van der Waals surface area contributed by atoms with Gasteiger partial charge in [0.05, 0.1) is 6.61 Å². The first-order valence-corrected chi connectivity index (χ1v) is 30.5. The lowest BCUT2D eigenvalue weighted by Crippen LogP contribution is -2.05. The lowest BCUT2D eigenvalue weighted by atomic mass is 9.99. The van der Waals surface area contributed by atoms with Crippen LogP contribution in [0.15, 0.2) is 12.2 Å². The van der Waals surface area contributed by atoms with Gasteiger partial charge in [-0.15, -0.1) is 0 Å². The normalized spacial score (nSPS) is 12.2. The number of esters is 1. The van der Waals surface area contributed by atoms with Gasteiger partial charge in [-0.3, -0.25) is 4.79 Å². The summed E-state index contributed by atoms with van der Waals surface area (Å²) in [6.45, 7) is 7.66. The molecule has 1 unspecified atom stereocenters. The summed E-state index contributed by atoms with van der Waals surface area (Å²) in [6.07, 6.45) is 79.8. The summed E-state index contributed by atoms with van der Waals surface area (Å²) in [4.78, 5) is 12.1. The number of carbonyl (C=O) groups is 1. The molecule has 0 aromatic rings. The van der Waals surface area contributed by atoms with Gasteiger partial charge in [0.25, 0.3) is 0 Å². The van der Waals surface area contributed by atoms with E-state index < -0.39 is 0 Å². The van der Waals surface area contributed by atoms with Gasteiger partial charge in [0, 0.05) is 6.42 Å². The predicted molar refractivity (Wildman–Crippen MR) is 290 cm³/mol. The minimum absolute atomic E-state index is 0.0300. The molecule has 2 nitrogen and oxygen atoms in total. The van der Waals surface area contributed by atoms with E-state index in [9.17, 15) is 4.79 Å². The Labute approximate surface area is 406 Å². The van der Waals surface area contributed by atoms with E-state index in [1.165, 1.54) is 327 Å². The molecule has 0 saturated heterocycles. The molecule has 0 radical (unpaired) electrons. The molecule has 2 heteroatoms. The quantitative estimate of drug-likeness (QED) is 0.0345. The van der Waals surface area contributed by atoms with Crippen molar-refractivity contribution in [2.24, 2.45) is 5.92 Å². The van der Waals surface area contributed by atoms with Gasteiger partial charge >= 0.3 is 5.97 Å². The van der Waals surface area contributed by atoms with E-state index in [0.717, 1.165) is 18.8 Å². The maximum Gasteiger partial charge on any atom is 0.305 e. The number of carbonyl (C=O) groups excluding carboxylic acids is 1. The maximum atomic E-state index is 12.1. The van der Waals surface area contributed by atoms with Crippen molar-refractivity contribution in [2.75, 3.05) is 6.61 Å². The van der Waals surface area contributed by atoms with E-state index in [0.29, 0.717) is 13.0 Å². The standard InChI is InChI=1S/C62H122O2/c1-4-6-7-8-9-10-11-12-13-14-31-35-38-41-44-47-50-53-56-59-62(63)64-60-57-54-51-48-45-42-39-36-33-30-28-26-24-22-20-18-16-15-17-19-21-23-25-27-29-32-34-37-40-43-46-49-52-55-58-61(3)5-2/h12-13,61H,4-11,14-60H2,1-3H3. The van der Waals surface area contributed by atoms with Crippen LogP contribution in [-0.2, 0) is 9.53 Å². The van der Waals surface area contributed by atoms with E-state index in [4.69, 9.17) is 4.74 Å². The zero-order valence-corrected chi connectivity index (χ0v) is 44.9. The van der Waals surface area contributed by atoms with Crippen LogP contribution in [0.25, 0.3) is 0 Å². The smallest absolute Gasteiger partial charge is 0.305 e. The predicted octanol–water partition coefficient (Wildman–Crippen LogP) is 22.8. The van der Waals surface area contributed by atoms with E-state index >= 15 is 0 Å². The van der Waals surface area contributed by atoms with Gasteiger partial charge in [0.1, 0.15) is 0 Å². The molecule has 0 fully saturated rings. The van der Waals surface area contributed by atoms with Crippen LogP contribution < -0.4 is 0 Å². The molecule has 382 valence electrons. The minimum Gasteiger partial charge on any atom is -0.466 e. The first-order chi connectivity index (χ1) is 31.7. The van der Waals surface area contributed by atoms with Crippen molar-refractivity contribution in [3.8, 4) is 0 Å². The Bertz CT molecular complexity index is 863. The van der Waals surface area contributed by atoms with Crippen LogP contribution in [0.5, 0.6) is 0 Å². The third kappa shape index (κ3) is 57.3. The van der Waals surface area contributed by atoms with Crippen LogP contribution in [0.2, 0.25) is 0 Å². The van der Waals surface area contributed by atoms with Gasteiger partial charge in [0.2, 0.25) is 0 Å². The van der Waals surface area contributed by atoms with Crippen LogP contribution in [0, 0.1) is 5.92 Å². The first-order valence-electron chi connectivity index (χ1n) is 30.5. The molecule has 0 aromatic heterocycles. The molecule has 1 atom stereocenters. The number of unbranched alkanes of at least 4 members (excludes halogenated alkanes) is 48. The number of hydrogen-bond acceptors (Lipinski definition) is 2. The highest BCUT2D eigenvalue weighted by Crippen LogP contribution is 2.19. The average molecular weight is 900 g/mol. The highest BCUT2D eigenvalue weighted by molar-refractivity contribution is 5.69. The van der Waals surface area contributed by atoms with Gasteiger partial charge < -0.3 is 4.74 Å². The fraction of sp³-hybridized carbons (Fsp3) is 0.952. The Morgan fingerprint density at radius 3 is 0.875 bits per heavy atom. The van der Waals surface area contributed by atoms with Crippen molar-refractivity contribution in [3.05, 3.63) is 12.2 Å². The third-order valence-corrected chi connectivity index (χ3v) is 14.7. The molecule has 0 N–H and O–H groups in total. The summed E-state index contributed by atoms with van der Waals surface area (Å²) in [5, 5.41) is 0. The highest BCUT2D eigenvalue weighted by Gasteiger charge is 2.04. The monoisotopic (exact) mass is 899 g/mol. The van der Waals surface area contributed by atoms with E-state index in [1.54, 1.807) is 0 Å². The van der Waals surface area contributed by atoms with Crippen molar-refractivity contribution < 1.29 is 9.53 Å². The molecule has 64 heavy (non-hydrogen) atoms. The molecular weight excluding hydrogens is 777 g/mol. The van der Waals surface area contributed by atoms with Crippen molar-refractivity contribution >= 4 is 5.97 Å². The largest absolute Gasteiger partial charge is 0.466 e. The number of ether oxygens (including phenoxy) is 1. The molecule has 0 amide bonds. The van der Waals surface area contributed by atoms with Crippen molar-refractivity contribution in [1.29, 1.82) is 0 Å². The molecule has 0 rings (SSSR count). The zero-order chi connectivity index (χ0) is 46.2.